The van der Waals surface area contributed by atoms with Gasteiger partial charge in [-0.1, -0.05) is 54.6 Å². The first kappa shape index (κ1) is 19.1. The molecule has 29 heavy (non-hydrogen) atoms. The lowest BCUT2D eigenvalue weighted by Crippen LogP contribution is -2.38. The topological polar surface area (TPSA) is 52.6 Å². The Kier molecular flexibility index (Phi) is 5.26. The van der Waals surface area contributed by atoms with E-state index in [0.717, 1.165) is 29.2 Å². The third-order valence-electron chi connectivity index (χ3n) is 5.72. The Morgan fingerprint density at radius 3 is 2.52 bits per heavy atom. The number of rotatable bonds is 6. The van der Waals surface area contributed by atoms with Crippen LogP contribution in [0.25, 0.3) is 5.70 Å². The molecule has 2 aromatic carbocycles. The van der Waals surface area contributed by atoms with Crippen molar-refractivity contribution < 1.29 is 9.90 Å². The molecule has 0 radical (unpaired) electrons. The zero-order valence-electron chi connectivity index (χ0n) is 16.8. The van der Waals surface area contributed by atoms with Crippen molar-refractivity contribution in [2.75, 3.05) is 11.4 Å². The van der Waals surface area contributed by atoms with Gasteiger partial charge in [-0.25, -0.2) is 0 Å². The quantitative estimate of drug-likeness (QED) is 0.722. The van der Waals surface area contributed by atoms with Crippen molar-refractivity contribution in [3.63, 3.8) is 0 Å². The maximum absolute atomic E-state index is 11.2. The number of anilines is 1. The van der Waals surface area contributed by atoms with Crippen LogP contribution in [-0.4, -0.2) is 17.6 Å². The molecule has 2 aliphatic rings. The molecule has 0 amide bonds. The molecule has 0 bridgehead atoms. The molecule has 0 fully saturated rings. The first-order valence-corrected chi connectivity index (χ1v) is 10.1. The molecule has 2 N–H and O–H groups in total. The number of nitrogens with zero attached hydrogens (tertiary/aromatic N) is 1. The van der Waals surface area contributed by atoms with Gasteiger partial charge in [0.1, 0.15) is 0 Å². The summed E-state index contributed by atoms with van der Waals surface area (Å²) in [6, 6.07) is 19.2. The highest BCUT2D eigenvalue weighted by Crippen LogP contribution is 2.38. The summed E-state index contributed by atoms with van der Waals surface area (Å²) in [5.41, 5.74) is 7.04. The highest BCUT2D eigenvalue weighted by atomic mass is 16.4. The van der Waals surface area contributed by atoms with E-state index in [-0.39, 0.29) is 12.0 Å². The van der Waals surface area contributed by atoms with Crippen molar-refractivity contribution in [2.45, 2.75) is 26.3 Å². The summed E-state index contributed by atoms with van der Waals surface area (Å²) >= 11 is 0. The normalized spacial score (nSPS) is 19.4. The van der Waals surface area contributed by atoms with E-state index in [1.807, 2.05) is 19.1 Å². The van der Waals surface area contributed by atoms with Crippen LogP contribution >= 0.6 is 0 Å². The van der Waals surface area contributed by atoms with Gasteiger partial charge < -0.3 is 15.3 Å². The number of allylic oxidation sites excluding steroid dienone is 2. The fraction of sp³-hybridized carbons (Fsp3) is 0.240. The molecule has 148 valence electrons. The van der Waals surface area contributed by atoms with Crippen LogP contribution < -0.4 is 10.2 Å². The third-order valence-corrected chi connectivity index (χ3v) is 5.72. The van der Waals surface area contributed by atoms with Gasteiger partial charge in [-0.3, -0.25) is 4.79 Å². The Hall–Kier alpha value is -3.27. The molecule has 0 spiro atoms. The van der Waals surface area contributed by atoms with E-state index in [4.69, 9.17) is 0 Å². The summed E-state index contributed by atoms with van der Waals surface area (Å²) in [6.45, 7) is 5.02. The Morgan fingerprint density at radius 2 is 1.90 bits per heavy atom. The average Bonchev–Trinajstić information content (AvgIpc) is 2.73. The molecular formula is C25H26N2O2. The van der Waals surface area contributed by atoms with Crippen LogP contribution in [-0.2, 0) is 4.79 Å². The van der Waals surface area contributed by atoms with E-state index >= 15 is 0 Å². The van der Waals surface area contributed by atoms with Crippen molar-refractivity contribution in [1.29, 1.82) is 0 Å². The molecule has 1 heterocycles. The number of hydrogen-bond acceptors (Lipinski definition) is 3. The van der Waals surface area contributed by atoms with E-state index in [0.29, 0.717) is 6.42 Å². The largest absolute Gasteiger partial charge is 0.481 e. The lowest BCUT2D eigenvalue weighted by atomic mass is 9.87. The molecule has 0 saturated carbocycles. The summed E-state index contributed by atoms with van der Waals surface area (Å²) in [5.74, 6) is -1.13. The Labute approximate surface area is 171 Å². The first-order chi connectivity index (χ1) is 14.1. The van der Waals surface area contributed by atoms with Gasteiger partial charge in [0.25, 0.3) is 0 Å². The summed E-state index contributed by atoms with van der Waals surface area (Å²) < 4.78 is 0. The smallest absolute Gasteiger partial charge is 0.310 e. The summed E-state index contributed by atoms with van der Waals surface area (Å²) in [5, 5.41) is 12.8. The predicted molar refractivity (Wildman–Crippen MR) is 117 cm³/mol. The molecule has 4 nitrogen and oxygen atoms in total. The maximum Gasteiger partial charge on any atom is 0.310 e. The number of carbonyl (C=O) groups is 1. The van der Waals surface area contributed by atoms with Crippen LogP contribution in [0.15, 0.2) is 84.1 Å². The number of hydrogen-bond donors (Lipinski definition) is 2. The predicted octanol–water partition coefficient (Wildman–Crippen LogP) is 5.13. The summed E-state index contributed by atoms with van der Waals surface area (Å²) in [7, 11) is 0. The molecule has 1 aliphatic heterocycles. The standard InChI is InChI=1S/C25H26N2O2/c1-3-23(26-17(2)18-7-5-4-6-8-18)19-9-12-22(13-10-19)27-16-21-15-20(25(28)29)11-14-24(21)27/h3-14,17,20,26H,15-16H2,1-2H3,(H,28,29)/b23-3-. The van der Waals surface area contributed by atoms with E-state index < -0.39 is 5.97 Å². The zero-order chi connectivity index (χ0) is 20.4. The van der Waals surface area contributed by atoms with Gasteiger partial charge in [-0.05, 0) is 55.2 Å². The minimum Gasteiger partial charge on any atom is -0.481 e. The number of carboxylic acids is 1. The summed E-state index contributed by atoms with van der Waals surface area (Å²) in [4.78, 5) is 13.4. The second-order valence-electron chi connectivity index (χ2n) is 7.61. The van der Waals surface area contributed by atoms with E-state index in [1.54, 1.807) is 6.08 Å². The molecular weight excluding hydrogens is 360 g/mol. The fourth-order valence-corrected chi connectivity index (χ4v) is 3.99. The Balaban J connectivity index is 1.44. The SMILES string of the molecule is C/C=C(\NC(C)c1ccccc1)c1ccc(N2CC3=C2C=CC(C(=O)O)C3)cc1. The van der Waals surface area contributed by atoms with Gasteiger partial charge in [0.2, 0.25) is 0 Å². The van der Waals surface area contributed by atoms with Crippen LogP contribution in [0, 0.1) is 5.92 Å². The first-order valence-electron chi connectivity index (χ1n) is 10.1. The average molecular weight is 386 g/mol. The molecule has 4 heteroatoms. The minimum atomic E-state index is -0.744. The minimum absolute atomic E-state index is 0.222. The lowest BCUT2D eigenvalue weighted by Gasteiger charge is -2.40. The molecule has 4 rings (SSSR count). The number of benzene rings is 2. The van der Waals surface area contributed by atoms with Gasteiger partial charge in [-0.15, -0.1) is 0 Å². The van der Waals surface area contributed by atoms with E-state index in [2.05, 4.69) is 71.7 Å². The van der Waals surface area contributed by atoms with Crippen LogP contribution in [0.4, 0.5) is 5.69 Å². The van der Waals surface area contributed by atoms with Crippen molar-refractivity contribution in [3.8, 4) is 0 Å². The molecule has 1 aliphatic carbocycles. The van der Waals surface area contributed by atoms with Crippen molar-refractivity contribution in [2.24, 2.45) is 5.92 Å². The van der Waals surface area contributed by atoms with Crippen molar-refractivity contribution >= 4 is 17.4 Å². The van der Waals surface area contributed by atoms with E-state index in [1.165, 1.54) is 11.1 Å². The second-order valence-corrected chi connectivity index (χ2v) is 7.61. The number of nitrogens with one attached hydrogen (secondary N) is 1. The van der Waals surface area contributed by atoms with Gasteiger partial charge >= 0.3 is 5.97 Å². The molecule has 2 aromatic rings. The molecule has 0 aromatic heterocycles. The Morgan fingerprint density at radius 1 is 1.17 bits per heavy atom. The Bertz CT molecular complexity index is 987. The lowest BCUT2D eigenvalue weighted by molar-refractivity contribution is -0.140. The van der Waals surface area contributed by atoms with Crippen LogP contribution in [0.1, 0.15) is 37.4 Å². The van der Waals surface area contributed by atoms with Crippen molar-refractivity contribution in [3.05, 3.63) is 95.2 Å². The highest BCUT2D eigenvalue weighted by Gasteiger charge is 2.32. The van der Waals surface area contributed by atoms with Gasteiger partial charge in [0, 0.05) is 29.7 Å². The maximum atomic E-state index is 11.2. The fourth-order valence-electron chi connectivity index (χ4n) is 3.99. The molecule has 0 saturated heterocycles. The van der Waals surface area contributed by atoms with Crippen molar-refractivity contribution in [1.82, 2.24) is 5.32 Å². The molecule has 2 unspecified atom stereocenters. The third kappa shape index (κ3) is 3.83. The number of carboxylic acid groups (broad SMARTS) is 1. The van der Waals surface area contributed by atoms with Gasteiger partial charge in [-0.2, -0.15) is 0 Å². The van der Waals surface area contributed by atoms with Crippen LogP contribution in [0.3, 0.4) is 0 Å². The second kappa shape index (κ2) is 8.00. The monoisotopic (exact) mass is 386 g/mol. The van der Waals surface area contributed by atoms with Crippen LogP contribution in [0.2, 0.25) is 0 Å². The molecule has 2 atom stereocenters. The van der Waals surface area contributed by atoms with E-state index in [9.17, 15) is 9.90 Å². The van der Waals surface area contributed by atoms with Crippen LogP contribution in [0.5, 0.6) is 0 Å². The van der Waals surface area contributed by atoms with Gasteiger partial charge in [0.05, 0.1) is 5.92 Å². The van der Waals surface area contributed by atoms with Gasteiger partial charge in [0.15, 0.2) is 0 Å². The highest BCUT2D eigenvalue weighted by molar-refractivity contribution is 5.76. The summed E-state index contributed by atoms with van der Waals surface area (Å²) in [6.07, 6.45) is 6.48. The number of aliphatic carboxylic acids is 1. The zero-order valence-corrected chi connectivity index (χ0v) is 16.8.